The van der Waals surface area contributed by atoms with E-state index >= 15 is 0 Å². The van der Waals surface area contributed by atoms with E-state index in [1.54, 1.807) is 6.07 Å². The third-order valence-electron chi connectivity index (χ3n) is 3.49. The number of carbonyl (C=O) groups is 1. The Morgan fingerprint density at radius 1 is 1.53 bits per heavy atom. The Balaban J connectivity index is 1.96. The maximum Gasteiger partial charge on any atom is 0.255 e. The molecule has 1 aliphatic carbocycles. The Morgan fingerprint density at radius 3 is 2.88 bits per heavy atom. The second kappa shape index (κ2) is 4.82. The van der Waals surface area contributed by atoms with Crippen molar-refractivity contribution in [1.82, 2.24) is 10.3 Å². The van der Waals surface area contributed by atoms with E-state index in [-0.39, 0.29) is 16.9 Å². The standard InChI is InChI=1S/C13H17FN2O/c1-13(6-2-3-7-13)9-16-12(17)10-5-4-8-15-11(10)14/h4-5,8H,2-3,6-7,9H2,1H3,(H,16,17). The van der Waals surface area contributed by atoms with E-state index in [0.717, 1.165) is 12.8 Å². The van der Waals surface area contributed by atoms with Crippen LogP contribution in [0.15, 0.2) is 18.3 Å². The summed E-state index contributed by atoms with van der Waals surface area (Å²) in [5.74, 6) is -1.08. The van der Waals surface area contributed by atoms with Gasteiger partial charge in [-0.15, -0.1) is 0 Å². The van der Waals surface area contributed by atoms with Crippen LogP contribution in [0.2, 0.25) is 0 Å². The molecule has 0 unspecified atom stereocenters. The van der Waals surface area contributed by atoms with Crippen LogP contribution in [0.25, 0.3) is 0 Å². The number of aromatic nitrogens is 1. The summed E-state index contributed by atoms with van der Waals surface area (Å²) in [5.41, 5.74) is 0.197. The van der Waals surface area contributed by atoms with Gasteiger partial charge in [-0.2, -0.15) is 4.39 Å². The third kappa shape index (κ3) is 2.81. The molecule has 1 fully saturated rings. The fourth-order valence-corrected chi connectivity index (χ4v) is 2.35. The number of halogens is 1. The SMILES string of the molecule is CC1(CNC(=O)c2cccnc2F)CCCC1. The van der Waals surface area contributed by atoms with Crippen molar-refractivity contribution in [2.45, 2.75) is 32.6 Å². The summed E-state index contributed by atoms with van der Waals surface area (Å²) < 4.78 is 13.3. The number of pyridine rings is 1. The topological polar surface area (TPSA) is 42.0 Å². The van der Waals surface area contributed by atoms with Gasteiger partial charge in [-0.3, -0.25) is 4.79 Å². The van der Waals surface area contributed by atoms with E-state index in [4.69, 9.17) is 0 Å². The highest BCUT2D eigenvalue weighted by molar-refractivity contribution is 5.94. The largest absolute Gasteiger partial charge is 0.351 e. The molecule has 1 saturated carbocycles. The number of rotatable bonds is 3. The number of hydrogen-bond acceptors (Lipinski definition) is 2. The maximum absolute atomic E-state index is 13.3. The molecule has 4 heteroatoms. The maximum atomic E-state index is 13.3. The smallest absolute Gasteiger partial charge is 0.255 e. The molecule has 3 nitrogen and oxygen atoms in total. The van der Waals surface area contributed by atoms with Crippen LogP contribution < -0.4 is 5.32 Å². The molecule has 1 aromatic rings. The van der Waals surface area contributed by atoms with Crippen LogP contribution in [0.1, 0.15) is 43.0 Å². The number of nitrogens with one attached hydrogen (secondary N) is 1. The molecule has 0 aromatic carbocycles. The van der Waals surface area contributed by atoms with Crippen LogP contribution >= 0.6 is 0 Å². The molecule has 17 heavy (non-hydrogen) atoms. The highest BCUT2D eigenvalue weighted by Crippen LogP contribution is 2.36. The average Bonchev–Trinajstić information content (AvgIpc) is 2.74. The van der Waals surface area contributed by atoms with Crippen LogP contribution in [0.5, 0.6) is 0 Å². The summed E-state index contributed by atoms with van der Waals surface area (Å²) >= 11 is 0. The van der Waals surface area contributed by atoms with E-state index in [0.29, 0.717) is 6.54 Å². The van der Waals surface area contributed by atoms with E-state index in [9.17, 15) is 9.18 Å². The quantitative estimate of drug-likeness (QED) is 0.819. The molecule has 0 aliphatic heterocycles. The Hall–Kier alpha value is -1.45. The van der Waals surface area contributed by atoms with Crippen molar-refractivity contribution in [2.24, 2.45) is 5.41 Å². The Kier molecular flexibility index (Phi) is 3.41. The van der Waals surface area contributed by atoms with Crippen molar-refractivity contribution in [3.05, 3.63) is 29.8 Å². The van der Waals surface area contributed by atoms with Crippen molar-refractivity contribution in [3.8, 4) is 0 Å². The third-order valence-corrected chi connectivity index (χ3v) is 3.49. The molecule has 0 atom stereocenters. The number of nitrogens with zero attached hydrogens (tertiary/aromatic N) is 1. The van der Waals surface area contributed by atoms with Crippen LogP contribution in [0.4, 0.5) is 4.39 Å². The number of hydrogen-bond donors (Lipinski definition) is 1. The van der Waals surface area contributed by atoms with Gasteiger partial charge in [0.25, 0.3) is 5.91 Å². The lowest BCUT2D eigenvalue weighted by Crippen LogP contribution is -2.34. The molecule has 1 heterocycles. The van der Waals surface area contributed by atoms with Crippen molar-refractivity contribution in [3.63, 3.8) is 0 Å². The average molecular weight is 236 g/mol. The molecule has 2 rings (SSSR count). The van der Waals surface area contributed by atoms with Crippen LogP contribution in [0.3, 0.4) is 0 Å². The molecule has 92 valence electrons. The van der Waals surface area contributed by atoms with Gasteiger partial charge in [0.05, 0.1) is 5.56 Å². The first kappa shape index (κ1) is 12.0. The molecule has 0 bridgehead atoms. The summed E-state index contributed by atoms with van der Waals surface area (Å²) in [6.07, 6.45) is 6.03. The first-order valence-corrected chi connectivity index (χ1v) is 5.99. The molecule has 1 aliphatic rings. The van der Waals surface area contributed by atoms with Gasteiger partial charge < -0.3 is 5.32 Å². The molecular formula is C13H17FN2O. The molecule has 1 aromatic heterocycles. The first-order valence-electron chi connectivity index (χ1n) is 5.99. The minimum absolute atomic E-state index is 0.0223. The van der Waals surface area contributed by atoms with E-state index in [1.165, 1.54) is 25.1 Å². The first-order chi connectivity index (χ1) is 8.11. The minimum Gasteiger partial charge on any atom is -0.351 e. The highest BCUT2D eigenvalue weighted by atomic mass is 19.1. The lowest BCUT2D eigenvalue weighted by Gasteiger charge is -2.23. The van der Waals surface area contributed by atoms with Gasteiger partial charge in [0.1, 0.15) is 0 Å². The zero-order valence-corrected chi connectivity index (χ0v) is 10.0. The normalized spacial score (nSPS) is 18.0. The highest BCUT2D eigenvalue weighted by Gasteiger charge is 2.29. The van der Waals surface area contributed by atoms with Crippen LogP contribution in [-0.4, -0.2) is 17.4 Å². The summed E-state index contributed by atoms with van der Waals surface area (Å²) in [7, 11) is 0. The zero-order chi connectivity index (χ0) is 12.3. The molecule has 1 amide bonds. The van der Waals surface area contributed by atoms with Gasteiger partial charge in [0.2, 0.25) is 5.95 Å². The second-order valence-corrected chi connectivity index (χ2v) is 5.04. The molecule has 0 radical (unpaired) electrons. The number of carbonyl (C=O) groups excluding carboxylic acids is 1. The fourth-order valence-electron chi connectivity index (χ4n) is 2.35. The van der Waals surface area contributed by atoms with Crippen molar-refractivity contribution < 1.29 is 9.18 Å². The Bertz CT molecular complexity index is 414. The van der Waals surface area contributed by atoms with Crippen LogP contribution in [0, 0.1) is 11.4 Å². The van der Waals surface area contributed by atoms with Gasteiger partial charge in [-0.25, -0.2) is 4.98 Å². The van der Waals surface area contributed by atoms with Gasteiger partial charge in [0.15, 0.2) is 0 Å². The van der Waals surface area contributed by atoms with Gasteiger partial charge in [0, 0.05) is 12.7 Å². The van der Waals surface area contributed by atoms with Crippen molar-refractivity contribution in [2.75, 3.05) is 6.54 Å². The van der Waals surface area contributed by atoms with Gasteiger partial charge in [-0.05, 0) is 30.4 Å². The molecule has 1 N–H and O–H groups in total. The Morgan fingerprint density at radius 2 is 2.24 bits per heavy atom. The summed E-state index contributed by atoms with van der Waals surface area (Å²) in [5, 5.41) is 2.80. The number of amides is 1. The summed E-state index contributed by atoms with van der Waals surface area (Å²) in [6.45, 7) is 2.78. The van der Waals surface area contributed by atoms with E-state index < -0.39 is 5.95 Å². The van der Waals surface area contributed by atoms with Crippen molar-refractivity contribution >= 4 is 5.91 Å². The van der Waals surface area contributed by atoms with E-state index in [1.807, 2.05) is 0 Å². The monoisotopic (exact) mass is 236 g/mol. The van der Waals surface area contributed by atoms with Crippen molar-refractivity contribution in [1.29, 1.82) is 0 Å². The summed E-state index contributed by atoms with van der Waals surface area (Å²) in [4.78, 5) is 15.2. The van der Waals surface area contributed by atoms with Gasteiger partial charge >= 0.3 is 0 Å². The van der Waals surface area contributed by atoms with E-state index in [2.05, 4.69) is 17.2 Å². The second-order valence-electron chi connectivity index (χ2n) is 5.04. The predicted molar refractivity (Wildman–Crippen MR) is 63.1 cm³/mol. The molecule has 0 spiro atoms. The summed E-state index contributed by atoms with van der Waals surface area (Å²) in [6, 6.07) is 3.02. The Labute approximate surface area is 100 Å². The zero-order valence-electron chi connectivity index (χ0n) is 10.0. The molecular weight excluding hydrogens is 219 g/mol. The fraction of sp³-hybridized carbons (Fsp3) is 0.538. The molecule has 0 saturated heterocycles. The minimum atomic E-state index is -0.707. The van der Waals surface area contributed by atoms with Gasteiger partial charge in [-0.1, -0.05) is 19.8 Å². The lowest BCUT2D eigenvalue weighted by atomic mass is 9.89. The predicted octanol–water partition coefficient (Wildman–Crippen LogP) is 2.53. The lowest BCUT2D eigenvalue weighted by molar-refractivity contribution is 0.0929. The van der Waals surface area contributed by atoms with Crippen LogP contribution in [-0.2, 0) is 0 Å².